The van der Waals surface area contributed by atoms with Gasteiger partial charge in [0.2, 0.25) is 4.38 Å². The predicted octanol–water partition coefficient (Wildman–Crippen LogP) is 1.81. The van der Waals surface area contributed by atoms with Crippen molar-refractivity contribution in [2.75, 3.05) is 6.61 Å². The minimum absolute atomic E-state index is 0. The van der Waals surface area contributed by atoms with Gasteiger partial charge in [0.1, 0.15) is 0 Å². The van der Waals surface area contributed by atoms with Gasteiger partial charge in [0.15, 0.2) is 0 Å². The number of ether oxygens (including phenoxy) is 1. The third-order valence-electron chi connectivity index (χ3n) is 1.46. The molecule has 1 nitrogen and oxygen atoms in total. The van der Waals surface area contributed by atoms with Gasteiger partial charge in [-0.2, -0.15) is 0 Å². The SMILES string of the molecule is S=C(S)OCCc1ccccc1.[KH]. The molecule has 0 atom stereocenters. The molecule has 0 aliphatic rings. The topological polar surface area (TPSA) is 9.23 Å². The fourth-order valence-electron chi connectivity index (χ4n) is 0.901. The van der Waals surface area contributed by atoms with Crippen molar-refractivity contribution in [3.05, 3.63) is 35.9 Å². The third kappa shape index (κ3) is 7.08. The van der Waals surface area contributed by atoms with E-state index in [4.69, 9.17) is 4.74 Å². The maximum atomic E-state index is 5.04. The Morgan fingerprint density at radius 3 is 2.46 bits per heavy atom. The van der Waals surface area contributed by atoms with Crippen molar-refractivity contribution in [1.82, 2.24) is 0 Å². The van der Waals surface area contributed by atoms with Gasteiger partial charge in [-0.3, -0.25) is 0 Å². The number of rotatable bonds is 3. The Kier molecular flexibility index (Phi) is 9.12. The standard InChI is InChI=1S/C9H10OS2.K.H/c11-9(12)10-7-6-8-4-2-1-3-5-8;;/h1-5H,6-7H2,(H,11,12);;. The quantitative estimate of drug-likeness (QED) is 0.489. The van der Waals surface area contributed by atoms with Crippen LogP contribution in [0.15, 0.2) is 30.3 Å². The first-order valence-corrected chi connectivity index (χ1v) is 4.54. The maximum absolute atomic E-state index is 5.04. The van der Waals surface area contributed by atoms with Crippen LogP contribution in [0.1, 0.15) is 5.56 Å². The van der Waals surface area contributed by atoms with E-state index in [9.17, 15) is 0 Å². The van der Waals surface area contributed by atoms with E-state index < -0.39 is 0 Å². The summed E-state index contributed by atoms with van der Waals surface area (Å²) in [7, 11) is 0. The van der Waals surface area contributed by atoms with Crippen LogP contribution in [0.2, 0.25) is 0 Å². The van der Waals surface area contributed by atoms with E-state index in [1.165, 1.54) is 5.56 Å². The Balaban J connectivity index is 0.00000144. The molecule has 0 aliphatic carbocycles. The number of benzene rings is 1. The molecule has 0 aromatic heterocycles. The van der Waals surface area contributed by atoms with Gasteiger partial charge < -0.3 is 4.74 Å². The van der Waals surface area contributed by atoms with E-state index in [2.05, 4.69) is 37.0 Å². The number of thiocarbonyl (C=S) groups is 1. The summed E-state index contributed by atoms with van der Waals surface area (Å²) in [5.74, 6) is 0. The van der Waals surface area contributed by atoms with E-state index in [1.54, 1.807) is 0 Å². The Bertz CT molecular complexity index is 251. The molecule has 0 N–H and O–H groups in total. The molecule has 0 bridgehead atoms. The van der Waals surface area contributed by atoms with Gasteiger partial charge in [-0.15, -0.1) is 0 Å². The Hall–Kier alpha value is 1.10. The van der Waals surface area contributed by atoms with Crippen LogP contribution in [0.5, 0.6) is 0 Å². The summed E-state index contributed by atoms with van der Waals surface area (Å²) in [6.45, 7) is 0.604. The zero-order valence-corrected chi connectivity index (χ0v) is 8.28. The van der Waals surface area contributed by atoms with Crippen molar-refractivity contribution < 1.29 is 4.74 Å². The van der Waals surface area contributed by atoms with Gasteiger partial charge in [0.25, 0.3) is 0 Å². The van der Waals surface area contributed by atoms with Gasteiger partial charge in [-0.25, -0.2) is 0 Å². The molecule has 0 aliphatic heterocycles. The molecular formula is C9H11KOS2. The predicted molar refractivity (Wildman–Crippen MR) is 64.8 cm³/mol. The van der Waals surface area contributed by atoms with Gasteiger partial charge in [-0.1, -0.05) is 43.0 Å². The van der Waals surface area contributed by atoms with Crippen molar-refractivity contribution in [2.24, 2.45) is 0 Å². The minimum atomic E-state index is 0. The van der Waals surface area contributed by atoms with Crippen LogP contribution in [0, 0.1) is 0 Å². The van der Waals surface area contributed by atoms with Gasteiger partial charge in [0.05, 0.1) is 6.61 Å². The molecule has 0 spiro atoms. The van der Waals surface area contributed by atoms with Crippen LogP contribution in [-0.2, 0) is 11.2 Å². The van der Waals surface area contributed by atoms with Gasteiger partial charge in [0, 0.05) is 6.42 Å². The molecule has 13 heavy (non-hydrogen) atoms. The molecule has 0 heterocycles. The van der Waals surface area contributed by atoms with Crippen molar-refractivity contribution in [3.63, 3.8) is 0 Å². The molecule has 0 saturated carbocycles. The molecule has 1 aromatic carbocycles. The summed E-state index contributed by atoms with van der Waals surface area (Å²) in [5, 5.41) is 0. The van der Waals surface area contributed by atoms with E-state index >= 15 is 0 Å². The molecular weight excluding hydrogens is 227 g/mol. The van der Waals surface area contributed by atoms with E-state index in [1.807, 2.05) is 18.2 Å². The fourth-order valence-corrected chi connectivity index (χ4v) is 1.08. The molecule has 0 unspecified atom stereocenters. The Labute approximate surface area is 132 Å². The summed E-state index contributed by atoms with van der Waals surface area (Å²) in [4.78, 5) is 0. The normalized spacial score (nSPS) is 8.69. The molecule has 0 fully saturated rings. The zero-order chi connectivity index (χ0) is 8.81. The van der Waals surface area contributed by atoms with Crippen molar-refractivity contribution in [1.29, 1.82) is 0 Å². The average Bonchev–Trinajstić information content (AvgIpc) is 2.05. The molecule has 1 aromatic rings. The van der Waals surface area contributed by atoms with Crippen LogP contribution < -0.4 is 0 Å². The number of hydrogen-bond donors (Lipinski definition) is 1. The molecule has 0 amide bonds. The van der Waals surface area contributed by atoms with Crippen molar-refractivity contribution >= 4 is 80.6 Å². The first-order valence-electron chi connectivity index (χ1n) is 3.68. The fraction of sp³-hybridized carbons (Fsp3) is 0.222. The third-order valence-corrected chi connectivity index (χ3v) is 1.71. The van der Waals surface area contributed by atoms with Crippen LogP contribution in [0.3, 0.4) is 0 Å². The summed E-state index contributed by atoms with van der Waals surface area (Å²) < 4.78 is 5.35. The molecule has 0 saturated heterocycles. The second-order valence-electron chi connectivity index (χ2n) is 2.35. The number of thiol groups is 1. The van der Waals surface area contributed by atoms with Crippen molar-refractivity contribution in [3.8, 4) is 0 Å². The van der Waals surface area contributed by atoms with E-state index in [0.29, 0.717) is 11.0 Å². The summed E-state index contributed by atoms with van der Waals surface area (Å²) in [5.41, 5.74) is 1.25. The Morgan fingerprint density at radius 1 is 1.31 bits per heavy atom. The van der Waals surface area contributed by atoms with Gasteiger partial charge >= 0.3 is 51.4 Å². The average molecular weight is 238 g/mol. The zero-order valence-electron chi connectivity index (χ0n) is 6.56. The molecule has 0 radical (unpaired) electrons. The second-order valence-corrected chi connectivity index (χ2v) is 3.43. The van der Waals surface area contributed by atoms with Crippen LogP contribution in [0.25, 0.3) is 0 Å². The summed E-state index contributed by atoms with van der Waals surface area (Å²) in [6, 6.07) is 10.1. The Morgan fingerprint density at radius 2 is 1.92 bits per heavy atom. The van der Waals surface area contributed by atoms with Gasteiger partial charge in [-0.05, 0) is 17.8 Å². The molecule has 66 valence electrons. The van der Waals surface area contributed by atoms with E-state index in [-0.39, 0.29) is 51.4 Å². The first-order chi connectivity index (χ1) is 5.79. The van der Waals surface area contributed by atoms with Crippen molar-refractivity contribution in [2.45, 2.75) is 6.42 Å². The second kappa shape index (κ2) is 8.41. The summed E-state index contributed by atoms with van der Waals surface area (Å²) >= 11 is 8.51. The van der Waals surface area contributed by atoms with Crippen LogP contribution >= 0.6 is 24.8 Å². The van der Waals surface area contributed by atoms with E-state index in [0.717, 1.165) is 6.42 Å². The summed E-state index contributed by atoms with van der Waals surface area (Å²) in [6.07, 6.45) is 0.877. The van der Waals surface area contributed by atoms with Crippen LogP contribution in [0.4, 0.5) is 0 Å². The van der Waals surface area contributed by atoms with Crippen LogP contribution in [-0.4, -0.2) is 62.4 Å². The first kappa shape index (κ1) is 14.1. The molecule has 1 rings (SSSR count). The monoisotopic (exact) mass is 238 g/mol. The molecule has 4 heteroatoms. The number of hydrogen-bond acceptors (Lipinski definition) is 2.